The van der Waals surface area contributed by atoms with E-state index in [-0.39, 0.29) is 0 Å². The minimum Gasteiger partial charge on any atom is -0.235 e. The molecule has 7 heteroatoms. The van der Waals surface area contributed by atoms with Crippen LogP contribution < -0.4 is 10.5 Å². The Balaban J connectivity index is 1.89. The minimum absolute atomic E-state index is 0.677. The largest absolute Gasteiger partial charge is 0.235 e. The standard InChI is InChI=1S/C17H13Br2N5/c18-13-11-16(19)17(20-12-13)24(15-9-5-2-6-10-15)23-22-21-14-7-3-1-4-8-14/h1-12H,(H,21,23). The Bertz CT molecular complexity index is 825. The second kappa shape index (κ2) is 8.03. The molecule has 3 rings (SSSR count). The number of nitrogens with one attached hydrogen (secondary N) is 1. The number of nitrogens with zero attached hydrogens (tertiary/aromatic N) is 4. The van der Waals surface area contributed by atoms with E-state index in [1.165, 1.54) is 0 Å². The molecule has 1 heterocycles. The Morgan fingerprint density at radius 3 is 2.25 bits per heavy atom. The molecule has 2 aromatic carbocycles. The molecular formula is C17H13Br2N5. The van der Waals surface area contributed by atoms with Crippen LogP contribution in [0.25, 0.3) is 0 Å². The number of hydrogen-bond donors (Lipinski definition) is 1. The van der Waals surface area contributed by atoms with E-state index in [4.69, 9.17) is 0 Å². The van der Waals surface area contributed by atoms with Crippen molar-refractivity contribution in [3.8, 4) is 0 Å². The fourth-order valence-electron chi connectivity index (χ4n) is 2.00. The third-order valence-electron chi connectivity index (χ3n) is 3.08. The first-order valence-corrected chi connectivity index (χ1v) is 8.70. The van der Waals surface area contributed by atoms with Gasteiger partial charge in [-0.2, -0.15) is 5.53 Å². The molecule has 1 N–H and O–H groups in total. The highest BCUT2D eigenvalue weighted by atomic mass is 79.9. The number of halogens is 2. The zero-order valence-corrected chi connectivity index (χ0v) is 15.6. The molecule has 0 atom stereocenters. The Morgan fingerprint density at radius 1 is 0.917 bits per heavy atom. The summed E-state index contributed by atoms with van der Waals surface area (Å²) in [7, 11) is 0. The van der Waals surface area contributed by atoms with Gasteiger partial charge < -0.3 is 0 Å². The maximum atomic E-state index is 4.45. The number of hydrazine groups is 1. The number of benzene rings is 2. The lowest BCUT2D eigenvalue weighted by Gasteiger charge is -2.22. The van der Waals surface area contributed by atoms with Gasteiger partial charge in [-0.15, -0.1) is 5.11 Å². The molecule has 0 saturated carbocycles. The van der Waals surface area contributed by atoms with E-state index in [0.717, 1.165) is 20.3 Å². The molecule has 0 saturated heterocycles. The maximum absolute atomic E-state index is 4.45. The molecule has 0 aliphatic heterocycles. The van der Waals surface area contributed by atoms with Gasteiger partial charge in [0.25, 0.3) is 0 Å². The van der Waals surface area contributed by atoms with Crippen LogP contribution in [0.2, 0.25) is 0 Å². The van der Waals surface area contributed by atoms with E-state index in [2.05, 4.69) is 52.7 Å². The van der Waals surface area contributed by atoms with Crippen molar-refractivity contribution in [3.05, 3.63) is 81.9 Å². The van der Waals surface area contributed by atoms with Gasteiger partial charge in [-0.05, 0) is 62.2 Å². The highest BCUT2D eigenvalue weighted by molar-refractivity contribution is 9.11. The average molecular weight is 447 g/mol. The molecular weight excluding hydrogens is 434 g/mol. The lowest BCUT2D eigenvalue weighted by Crippen LogP contribution is -2.30. The zero-order valence-electron chi connectivity index (χ0n) is 12.5. The normalized spacial score (nSPS) is 10.8. The van der Waals surface area contributed by atoms with Crippen LogP contribution in [0.5, 0.6) is 0 Å². The van der Waals surface area contributed by atoms with Crippen LogP contribution in [0, 0.1) is 0 Å². The summed E-state index contributed by atoms with van der Waals surface area (Å²) in [5.41, 5.74) is 4.60. The molecule has 0 bridgehead atoms. The number of hydrogen-bond acceptors (Lipinski definition) is 4. The third-order valence-corrected chi connectivity index (χ3v) is 4.10. The highest BCUT2D eigenvalue weighted by Crippen LogP contribution is 2.30. The number of anilines is 2. The number of aromatic nitrogens is 1. The smallest absolute Gasteiger partial charge is 0.167 e. The van der Waals surface area contributed by atoms with Crippen LogP contribution >= 0.6 is 31.9 Å². The van der Waals surface area contributed by atoms with Crippen LogP contribution in [0.4, 0.5) is 17.2 Å². The Labute approximate surface area is 156 Å². The van der Waals surface area contributed by atoms with Crippen molar-refractivity contribution < 1.29 is 0 Å². The van der Waals surface area contributed by atoms with Crippen molar-refractivity contribution in [2.45, 2.75) is 0 Å². The second-order valence-corrected chi connectivity index (χ2v) is 6.54. The van der Waals surface area contributed by atoms with Crippen LogP contribution in [0.15, 0.2) is 92.2 Å². The number of pyridine rings is 1. The number of rotatable bonds is 5. The van der Waals surface area contributed by atoms with Crippen molar-refractivity contribution in [1.29, 1.82) is 0 Å². The van der Waals surface area contributed by atoms with E-state index in [1.54, 1.807) is 11.2 Å². The quantitative estimate of drug-likeness (QED) is 0.389. The Kier molecular flexibility index (Phi) is 5.55. The van der Waals surface area contributed by atoms with Gasteiger partial charge in [0.15, 0.2) is 5.82 Å². The molecule has 120 valence electrons. The van der Waals surface area contributed by atoms with Crippen molar-refractivity contribution >= 4 is 49.1 Å². The van der Waals surface area contributed by atoms with Gasteiger partial charge in [-0.1, -0.05) is 41.6 Å². The summed E-state index contributed by atoms with van der Waals surface area (Å²) in [4.78, 5) is 4.45. The van der Waals surface area contributed by atoms with E-state index in [0.29, 0.717) is 5.82 Å². The fourth-order valence-corrected chi connectivity index (χ4v) is 3.16. The van der Waals surface area contributed by atoms with Gasteiger partial charge in [0.05, 0.1) is 15.8 Å². The van der Waals surface area contributed by atoms with Gasteiger partial charge >= 0.3 is 0 Å². The average Bonchev–Trinajstić information content (AvgIpc) is 2.61. The molecule has 0 radical (unpaired) electrons. The van der Waals surface area contributed by atoms with Crippen LogP contribution in [-0.4, -0.2) is 4.98 Å². The summed E-state index contributed by atoms with van der Waals surface area (Å²) >= 11 is 6.95. The molecule has 0 fully saturated rings. The first-order valence-electron chi connectivity index (χ1n) is 7.12. The van der Waals surface area contributed by atoms with E-state index in [1.807, 2.05) is 66.7 Å². The molecule has 0 aliphatic rings. The summed E-state index contributed by atoms with van der Waals surface area (Å²) in [6.07, 6.45) is 1.73. The fraction of sp³-hybridized carbons (Fsp3) is 0. The van der Waals surface area contributed by atoms with E-state index >= 15 is 0 Å². The molecule has 0 amide bonds. The van der Waals surface area contributed by atoms with Crippen molar-refractivity contribution in [2.24, 2.45) is 10.3 Å². The molecule has 5 nitrogen and oxygen atoms in total. The van der Waals surface area contributed by atoms with Gasteiger partial charge in [0.2, 0.25) is 0 Å². The van der Waals surface area contributed by atoms with Gasteiger partial charge in [-0.25, -0.2) is 9.99 Å². The minimum atomic E-state index is 0.677. The van der Waals surface area contributed by atoms with Crippen molar-refractivity contribution in [2.75, 3.05) is 5.01 Å². The lowest BCUT2D eigenvalue weighted by atomic mass is 10.3. The molecule has 1 aromatic heterocycles. The highest BCUT2D eigenvalue weighted by Gasteiger charge is 2.14. The van der Waals surface area contributed by atoms with Crippen LogP contribution in [0.3, 0.4) is 0 Å². The first kappa shape index (κ1) is 16.6. The third kappa shape index (κ3) is 4.18. The molecule has 0 spiro atoms. The Hall–Kier alpha value is -2.25. The first-order chi connectivity index (χ1) is 11.7. The maximum Gasteiger partial charge on any atom is 0.167 e. The second-order valence-electron chi connectivity index (χ2n) is 4.77. The summed E-state index contributed by atoms with van der Waals surface area (Å²) in [6, 6.07) is 21.2. The predicted molar refractivity (Wildman–Crippen MR) is 102 cm³/mol. The summed E-state index contributed by atoms with van der Waals surface area (Å²) in [5, 5.41) is 10.0. The zero-order chi connectivity index (χ0) is 16.8. The number of para-hydroxylation sites is 1. The van der Waals surface area contributed by atoms with E-state index < -0.39 is 0 Å². The predicted octanol–water partition coefficient (Wildman–Crippen LogP) is 5.95. The van der Waals surface area contributed by atoms with Crippen molar-refractivity contribution in [1.82, 2.24) is 10.5 Å². The lowest BCUT2D eigenvalue weighted by molar-refractivity contribution is 0.702. The summed E-state index contributed by atoms with van der Waals surface area (Å²) in [6.45, 7) is 0. The van der Waals surface area contributed by atoms with Crippen LogP contribution in [0.1, 0.15) is 0 Å². The van der Waals surface area contributed by atoms with E-state index in [9.17, 15) is 0 Å². The van der Waals surface area contributed by atoms with Crippen molar-refractivity contribution in [3.63, 3.8) is 0 Å². The summed E-state index contributed by atoms with van der Waals surface area (Å²) in [5.74, 6) is 0.677. The molecule has 3 aromatic rings. The SMILES string of the molecule is Brc1cnc(N(NN=Nc2ccccc2)c2ccccc2)c(Br)c1. The molecule has 0 aliphatic carbocycles. The topological polar surface area (TPSA) is 52.9 Å². The van der Waals surface area contributed by atoms with Crippen LogP contribution in [-0.2, 0) is 0 Å². The molecule has 24 heavy (non-hydrogen) atoms. The van der Waals surface area contributed by atoms with Gasteiger partial charge in [0, 0.05) is 10.7 Å². The molecule has 0 unspecified atom stereocenters. The Morgan fingerprint density at radius 2 is 1.58 bits per heavy atom. The summed E-state index contributed by atoms with van der Waals surface area (Å²) < 4.78 is 1.71. The van der Waals surface area contributed by atoms with Gasteiger partial charge in [0.1, 0.15) is 0 Å². The monoisotopic (exact) mass is 445 g/mol. The van der Waals surface area contributed by atoms with Gasteiger partial charge in [-0.3, -0.25) is 0 Å².